The standard InChI is InChI=1S/C5H9NO.C4H11N/c1-4(2)5(7)6-3;1-4-5(2)3/h1H2,2-3H3,(H,6,7);4H2,1-3H3. The van der Waals surface area contributed by atoms with E-state index in [-0.39, 0.29) is 5.91 Å². The predicted octanol–water partition coefficient (Wildman–Crippen LogP) is 0.876. The predicted molar refractivity (Wildman–Crippen MR) is 53.1 cm³/mol. The average molecular weight is 172 g/mol. The first-order chi connectivity index (χ1) is 5.45. The molecule has 0 atom stereocenters. The molecule has 0 spiro atoms. The number of carbonyl (C=O) groups is 1. The van der Waals surface area contributed by atoms with Crippen molar-refractivity contribution in [2.24, 2.45) is 0 Å². The maximum Gasteiger partial charge on any atom is 0.246 e. The minimum atomic E-state index is -0.0972. The maximum absolute atomic E-state index is 10.3. The average Bonchev–Trinajstić information content (AvgIpc) is 2.04. The molecule has 0 saturated heterocycles. The van der Waals surface area contributed by atoms with Crippen LogP contribution in [0.15, 0.2) is 12.2 Å². The fourth-order valence-electron chi connectivity index (χ4n) is 0.213. The minimum absolute atomic E-state index is 0.0972. The summed E-state index contributed by atoms with van der Waals surface area (Å²) >= 11 is 0. The summed E-state index contributed by atoms with van der Waals surface area (Å²) in [6.07, 6.45) is 0. The SMILES string of the molecule is C=C(C)C(=O)NC.CCN(C)C. The van der Waals surface area contributed by atoms with Crippen LogP contribution < -0.4 is 5.32 Å². The van der Waals surface area contributed by atoms with E-state index in [4.69, 9.17) is 0 Å². The van der Waals surface area contributed by atoms with Crippen molar-refractivity contribution < 1.29 is 4.79 Å². The number of nitrogens with one attached hydrogen (secondary N) is 1. The van der Waals surface area contributed by atoms with Gasteiger partial charge in [-0.05, 0) is 27.6 Å². The largest absolute Gasteiger partial charge is 0.355 e. The number of rotatable bonds is 2. The second-order valence-corrected chi connectivity index (χ2v) is 2.76. The molecule has 3 nitrogen and oxygen atoms in total. The van der Waals surface area contributed by atoms with Crippen LogP contribution in [0, 0.1) is 0 Å². The van der Waals surface area contributed by atoms with Crippen LogP contribution in [0.4, 0.5) is 0 Å². The molecule has 0 aromatic heterocycles. The molecule has 12 heavy (non-hydrogen) atoms. The summed E-state index contributed by atoms with van der Waals surface area (Å²) in [4.78, 5) is 12.4. The van der Waals surface area contributed by atoms with Crippen molar-refractivity contribution in [2.75, 3.05) is 27.7 Å². The van der Waals surface area contributed by atoms with Crippen molar-refractivity contribution in [3.05, 3.63) is 12.2 Å². The van der Waals surface area contributed by atoms with Crippen molar-refractivity contribution in [2.45, 2.75) is 13.8 Å². The lowest BCUT2D eigenvalue weighted by Crippen LogP contribution is -2.17. The summed E-state index contributed by atoms with van der Waals surface area (Å²) in [5.74, 6) is -0.0972. The van der Waals surface area contributed by atoms with E-state index in [1.54, 1.807) is 14.0 Å². The monoisotopic (exact) mass is 172 g/mol. The van der Waals surface area contributed by atoms with Crippen LogP contribution in [-0.2, 0) is 4.79 Å². The molecule has 0 aromatic rings. The van der Waals surface area contributed by atoms with Crippen LogP contribution in [0.3, 0.4) is 0 Å². The normalized spacial score (nSPS) is 8.50. The molecular weight excluding hydrogens is 152 g/mol. The molecule has 0 bridgehead atoms. The summed E-state index contributed by atoms with van der Waals surface area (Å²) in [6.45, 7) is 8.34. The van der Waals surface area contributed by atoms with Crippen LogP contribution in [0.1, 0.15) is 13.8 Å². The Hall–Kier alpha value is -0.830. The van der Waals surface area contributed by atoms with E-state index in [0.29, 0.717) is 5.57 Å². The third kappa shape index (κ3) is 11.9. The molecule has 72 valence electrons. The van der Waals surface area contributed by atoms with E-state index < -0.39 is 0 Å². The number of likely N-dealkylation sites (N-methyl/N-ethyl adjacent to an activating group) is 1. The number of hydrogen-bond donors (Lipinski definition) is 1. The molecule has 0 radical (unpaired) electrons. The Morgan fingerprint density at radius 3 is 1.83 bits per heavy atom. The zero-order chi connectivity index (χ0) is 10.1. The van der Waals surface area contributed by atoms with Gasteiger partial charge in [0, 0.05) is 12.6 Å². The first kappa shape index (κ1) is 13.7. The second-order valence-electron chi connectivity index (χ2n) is 2.76. The molecule has 0 saturated carbocycles. The third-order valence-corrected chi connectivity index (χ3v) is 1.25. The van der Waals surface area contributed by atoms with Gasteiger partial charge in [-0.1, -0.05) is 13.5 Å². The molecule has 0 aliphatic carbocycles. The molecule has 0 unspecified atom stereocenters. The molecule has 0 fully saturated rings. The van der Waals surface area contributed by atoms with Gasteiger partial charge in [0.25, 0.3) is 0 Å². The molecule has 0 rings (SSSR count). The minimum Gasteiger partial charge on any atom is -0.355 e. The first-order valence-corrected chi connectivity index (χ1v) is 3.98. The quantitative estimate of drug-likeness (QED) is 0.627. The molecular formula is C9H20N2O. The zero-order valence-corrected chi connectivity index (χ0v) is 8.77. The summed E-state index contributed by atoms with van der Waals surface area (Å²) < 4.78 is 0. The lowest BCUT2D eigenvalue weighted by atomic mass is 10.3. The molecule has 0 aliphatic heterocycles. The van der Waals surface area contributed by atoms with Gasteiger partial charge in [0.15, 0.2) is 0 Å². The zero-order valence-electron chi connectivity index (χ0n) is 8.77. The molecule has 0 aromatic carbocycles. The topological polar surface area (TPSA) is 32.3 Å². The third-order valence-electron chi connectivity index (χ3n) is 1.25. The Morgan fingerprint density at radius 2 is 1.83 bits per heavy atom. The van der Waals surface area contributed by atoms with Gasteiger partial charge in [-0.15, -0.1) is 0 Å². The Bertz CT molecular complexity index is 141. The van der Waals surface area contributed by atoms with Crippen LogP contribution >= 0.6 is 0 Å². The molecule has 3 heteroatoms. The number of amides is 1. The highest BCUT2D eigenvalue weighted by molar-refractivity contribution is 5.91. The maximum atomic E-state index is 10.3. The van der Waals surface area contributed by atoms with E-state index in [2.05, 4.69) is 37.8 Å². The van der Waals surface area contributed by atoms with Gasteiger partial charge in [0.2, 0.25) is 5.91 Å². The van der Waals surface area contributed by atoms with Gasteiger partial charge < -0.3 is 10.2 Å². The Kier molecular flexibility index (Phi) is 9.47. The highest BCUT2D eigenvalue weighted by atomic mass is 16.1. The van der Waals surface area contributed by atoms with Crippen molar-refractivity contribution in [1.82, 2.24) is 10.2 Å². The molecule has 1 N–H and O–H groups in total. The van der Waals surface area contributed by atoms with E-state index in [9.17, 15) is 4.79 Å². The smallest absolute Gasteiger partial charge is 0.246 e. The van der Waals surface area contributed by atoms with E-state index in [1.165, 1.54) is 0 Å². The molecule has 0 heterocycles. The van der Waals surface area contributed by atoms with E-state index in [0.717, 1.165) is 6.54 Å². The summed E-state index contributed by atoms with van der Waals surface area (Å²) in [5.41, 5.74) is 0.544. The van der Waals surface area contributed by atoms with Gasteiger partial charge in [-0.2, -0.15) is 0 Å². The molecule has 0 aliphatic rings. The van der Waals surface area contributed by atoms with Gasteiger partial charge in [-0.3, -0.25) is 4.79 Å². The van der Waals surface area contributed by atoms with Gasteiger partial charge in [0.05, 0.1) is 0 Å². The van der Waals surface area contributed by atoms with Crippen LogP contribution in [0.5, 0.6) is 0 Å². The summed E-state index contributed by atoms with van der Waals surface area (Å²) in [6, 6.07) is 0. The van der Waals surface area contributed by atoms with E-state index in [1.807, 2.05) is 0 Å². The fourth-order valence-corrected chi connectivity index (χ4v) is 0.213. The van der Waals surface area contributed by atoms with Gasteiger partial charge >= 0.3 is 0 Å². The number of nitrogens with zero attached hydrogens (tertiary/aromatic N) is 1. The second kappa shape index (κ2) is 8.27. The Labute approximate surface area is 75.4 Å². The molecule has 1 amide bonds. The van der Waals surface area contributed by atoms with Crippen molar-refractivity contribution >= 4 is 5.91 Å². The van der Waals surface area contributed by atoms with Crippen molar-refractivity contribution in [1.29, 1.82) is 0 Å². The van der Waals surface area contributed by atoms with Gasteiger partial charge in [0.1, 0.15) is 0 Å². The lowest BCUT2D eigenvalue weighted by molar-refractivity contribution is -0.116. The highest BCUT2D eigenvalue weighted by Crippen LogP contribution is 1.81. The van der Waals surface area contributed by atoms with Crippen molar-refractivity contribution in [3.8, 4) is 0 Å². The van der Waals surface area contributed by atoms with Crippen LogP contribution in [0.2, 0.25) is 0 Å². The number of carbonyl (C=O) groups excluding carboxylic acids is 1. The fraction of sp³-hybridized carbons (Fsp3) is 0.667. The Balaban J connectivity index is 0. The van der Waals surface area contributed by atoms with Crippen LogP contribution in [-0.4, -0.2) is 38.5 Å². The first-order valence-electron chi connectivity index (χ1n) is 3.98. The Morgan fingerprint density at radius 1 is 1.50 bits per heavy atom. The summed E-state index contributed by atoms with van der Waals surface area (Å²) in [5, 5.41) is 2.43. The highest BCUT2D eigenvalue weighted by Gasteiger charge is 1.92. The summed E-state index contributed by atoms with van der Waals surface area (Å²) in [7, 11) is 5.69. The lowest BCUT2D eigenvalue weighted by Gasteiger charge is -2.00. The van der Waals surface area contributed by atoms with E-state index >= 15 is 0 Å². The number of hydrogen-bond acceptors (Lipinski definition) is 2. The van der Waals surface area contributed by atoms with Crippen LogP contribution in [0.25, 0.3) is 0 Å². The van der Waals surface area contributed by atoms with Gasteiger partial charge in [-0.25, -0.2) is 0 Å². The van der Waals surface area contributed by atoms with Crippen molar-refractivity contribution in [3.63, 3.8) is 0 Å².